The molecule has 9 nitrogen and oxygen atoms in total. The zero-order chi connectivity index (χ0) is 28.6. The molecule has 40 heavy (non-hydrogen) atoms. The number of benzene rings is 3. The molecule has 0 aliphatic carbocycles. The molecule has 208 valence electrons. The Morgan fingerprint density at radius 2 is 1.60 bits per heavy atom. The number of thioether (sulfide) groups is 1. The van der Waals surface area contributed by atoms with Crippen LogP contribution >= 0.6 is 11.8 Å². The first kappa shape index (κ1) is 28.7. The minimum atomic E-state index is -0.467. The highest BCUT2D eigenvalue weighted by molar-refractivity contribution is 8.04. The predicted octanol–water partition coefficient (Wildman–Crippen LogP) is 4.92. The van der Waals surface area contributed by atoms with Gasteiger partial charge in [-0.3, -0.25) is 19.3 Å². The van der Waals surface area contributed by atoms with E-state index in [1.807, 2.05) is 0 Å². The first-order chi connectivity index (χ1) is 19.3. The second-order valence-electron chi connectivity index (χ2n) is 8.59. The summed E-state index contributed by atoms with van der Waals surface area (Å²) < 4.78 is 28.9. The van der Waals surface area contributed by atoms with Crippen molar-refractivity contribution in [1.82, 2.24) is 4.90 Å². The SMILES string of the molecule is COCCCN1C(=O)C(Nc2ccc(F)cc2)=C(Sc2ccc(NC(=O)c3ccc(OC)cc3OC)cc2)C1=O. The van der Waals surface area contributed by atoms with Gasteiger partial charge in [-0.2, -0.15) is 0 Å². The number of halogens is 1. The number of anilines is 2. The highest BCUT2D eigenvalue weighted by Gasteiger charge is 2.38. The normalized spacial score (nSPS) is 13.1. The molecule has 0 fully saturated rings. The third kappa shape index (κ3) is 6.61. The Morgan fingerprint density at radius 3 is 2.25 bits per heavy atom. The van der Waals surface area contributed by atoms with Crippen LogP contribution in [0.15, 0.2) is 82.2 Å². The molecular formula is C29H28FN3O6S. The lowest BCUT2D eigenvalue weighted by Gasteiger charge is -2.14. The van der Waals surface area contributed by atoms with E-state index in [1.54, 1.807) is 49.6 Å². The Balaban J connectivity index is 1.52. The van der Waals surface area contributed by atoms with Gasteiger partial charge in [0.2, 0.25) is 0 Å². The molecule has 0 bridgehead atoms. The largest absolute Gasteiger partial charge is 0.497 e. The van der Waals surface area contributed by atoms with Crippen LogP contribution < -0.4 is 20.1 Å². The summed E-state index contributed by atoms with van der Waals surface area (Å²) in [6, 6.07) is 17.3. The number of imide groups is 1. The Hall–Kier alpha value is -4.35. The first-order valence-electron chi connectivity index (χ1n) is 12.3. The van der Waals surface area contributed by atoms with E-state index in [2.05, 4.69) is 10.6 Å². The Morgan fingerprint density at radius 1 is 0.900 bits per heavy atom. The number of nitrogens with zero attached hydrogens (tertiary/aromatic N) is 1. The lowest BCUT2D eigenvalue weighted by atomic mass is 10.1. The van der Waals surface area contributed by atoms with Crippen molar-refractivity contribution in [2.45, 2.75) is 11.3 Å². The van der Waals surface area contributed by atoms with Crippen molar-refractivity contribution in [3.05, 3.63) is 88.7 Å². The molecule has 0 spiro atoms. The maximum Gasteiger partial charge on any atom is 0.278 e. The van der Waals surface area contributed by atoms with E-state index in [9.17, 15) is 18.8 Å². The fraction of sp³-hybridized carbons (Fsp3) is 0.207. The van der Waals surface area contributed by atoms with Crippen LogP contribution in [-0.2, 0) is 14.3 Å². The molecule has 1 heterocycles. The van der Waals surface area contributed by atoms with Crippen molar-refractivity contribution in [2.75, 3.05) is 45.1 Å². The van der Waals surface area contributed by atoms with Crippen LogP contribution in [0.25, 0.3) is 0 Å². The molecule has 3 aromatic carbocycles. The van der Waals surface area contributed by atoms with Gasteiger partial charge in [-0.05, 0) is 67.1 Å². The van der Waals surface area contributed by atoms with Crippen LogP contribution in [0.4, 0.5) is 15.8 Å². The summed E-state index contributed by atoms with van der Waals surface area (Å²) in [7, 11) is 4.55. The summed E-state index contributed by atoms with van der Waals surface area (Å²) in [5.41, 5.74) is 1.46. The number of carbonyl (C=O) groups excluding carboxylic acids is 3. The third-order valence-electron chi connectivity index (χ3n) is 5.95. The average molecular weight is 566 g/mol. The standard InChI is InChI=1S/C29H28FN3O6S/c1-37-16-4-15-33-28(35)25(31-19-7-5-18(30)6-8-19)26(29(33)36)40-22-12-9-20(10-13-22)32-27(34)23-14-11-21(38-2)17-24(23)39-3/h5-14,17,31H,4,15-16H2,1-3H3,(H,32,34). The van der Waals surface area contributed by atoms with Crippen LogP contribution in [0.5, 0.6) is 11.5 Å². The number of amides is 3. The van der Waals surface area contributed by atoms with Crippen molar-refractivity contribution >= 4 is 40.9 Å². The van der Waals surface area contributed by atoms with Gasteiger partial charge in [-0.25, -0.2) is 4.39 Å². The van der Waals surface area contributed by atoms with Crippen LogP contribution in [0.2, 0.25) is 0 Å². The number of ether oxygens (including phenoxy) is 3. The summed E-state index contributed by atoms with van der Waals surface area (Å²) in [5, 5.41) is 5.81. The van der Waals surface area contributed by atoms with Gasteiger partial charge < -0.3 is 24.8 Å². The molecule has 0 unspecified atom stereocenters. The number of methoxy groups -OCH3 is 3. The van der Waals surface area contributed by atoms with Crippen molar-refractivity contribution in [2.24, 2.45) is 0 Å². The number of hydrogen-bond donors (Lipinski definition) is 2. The van der Waals surface area contributed by atoms with E-state index in [4.69, 9.17) is 14.2 Å². The van der Waals surface area contributed by atoms with Crippen LogP contribution in [0.3, 0.4) is 0 Å². The summed E-state index contributed by atoms with van der Waals surface area (Å²) in [5.74, 6) is -0.741. The molecule has 1 aliphatic rings. The van der Waals surface area contributed by atoms with E-state index < -0.39 is 17.6 Å². The molecule has 0 atom stereocenters. The van der Waals surface area contributed by atoms with Crippen LogP contribution in [-0.4, -0.2) is 57.1 Å². The number of nitrogens with one attached hydrogen (secondary N) is 2. The van der Waals surface area contributed by atoms with Gasteiger partial charge in [-0.15, -0.1) is 0 Å². The molecule has 3 amide bonds. The third-order valence-corrected chi connectivity index (χ3v) is 7.05. The van der Waals surface area contributed by atoms with Gasteiger partial charge >= 0.3 is 0 Å². The topological polar surface area (TPSA) is 106 Å². The molecule has 2 N–H and O–H groups in total. The zero-order valence-corrected chi connectivity index (χ0v) is 23.0. The quantitative estimate of drug-likeness (QED) is 0.236. The molecule has 11 heteroatoms. The predicted molar refractivity (Wildman–Crippen MR) is 150 cm³/mol. The summed E-state index contributed by atoms with van der Waals surface area (Å²) in [6.45, 7) is 0.597. The molecule has 0 aromatic heterocycles. The van der Waals surface area contributed by atoms with Crippen molar-refractivity contribution < 1.29 is 33.0 Å². The number of carbonyl (C=O) groups is 3. The van der Waals surface area contributed by atoms with Gasteiger partial charge in [0.05, 0.1) is 19.8 Å². The molecule has 1 aliphatic heterocycles. The second kappa shape index (κ2) is 13.1. The van der Waals surface area contributed by atoms with Gasteiger partial charge in [0.1, 0.15) is 27.9 Å². The summed E-state index contributed by atoms with van der Waals surface area (Å²) in [6.07, 6.45) is 0.489. The fourth-order valence-corrected chi connectivity index (χ4v) is 4.86. The smallest absolute Gasteiger partial charge is 0.278 e. The Kier molecular flexibility index (Phi) is 9.41. The van der Waals surface area contributed by atoms with E-state index in [0.29, 0.717) is 46.4 Å². The molecule has 0 saturated heterocycles. The maximum absolute atomic E-state index is 13.4. The zero-order valence-electron chi connectivity index (χ0n) is 22.2. The minimum Gasteiger partial charge on any atom is -0.497 e. The Labute approximate surface area is 235 Å². The molecule has 4 rings (SSSR count). The van der Waals surface area contributed by atoms with Gasteiger partial charge in [0, 0.05) is 42.6 Å². The van der Waals surface area contributed by atoms with Crippen LogP contribution in [0, 0.1) is 5.82 Å². The Bertz CT molecular complexity index is 1430. The highest BCUT2D eigenvalue weighted by Crippen LogP contribution is 2.36. The lowest BCUT2D eigenvalue weighted by Crippen LogP contribution is -2.33. The average Bonchev–Trinajstić information content (AvgIpc) is 3.18. The maximum atomic E-state index is 13.4. The van der Waals surface area contributed by atoms with E-state index in [0.717, 1.165) is 11.8 Å². The van der Waals surface area contributed by atoms with Gasteiger partial charge in [-0.1, -0.05) is 11.8 Å². The van der Waals surface area contributed by atoms with E-state index in [-0.39, 0.29) is 23.1 Å². The number of hydrogen-bond acceptors (Lipinski definition) is 8. The minimum absolute atomic E-state index is 0.114. The second-order valence-corrected chi connectivity index (χ2v) is 9.67. The van der Waals surface area contributed by atoms with E-state index in [1.165, 1.54) is 43.4 Å². The molecule has 0 radical (unpaired) electrons. The highest BCUT2D eigenvalue weighted by atomic mass is 32.2. The van der Waals surface area contributed by atoms with E-state index >= 15 is 0 Å². The molecule has 3 aromatic rings. The number of rotatable bonds is 12. The summed E-state index contributed by atoms with van der Waals surface area (Å²) in [4.78, 5) is 41.3. The van der Waals surface area contributed by atoms with Crippen LogP contribution in [0.1, 0.15) is 16.8 Å². The molecular weight excluding hydrogens is 537 g/mol. The fourth-order valence-electron chi connectivity index (χ4n) is 3.92. The van der Waals surface area contributed by atoms with Gasteiger partial charge in [0.15, 0.2) is 0 Å². The first-order valence-corrected chi connectivity index (χ1v) is 13.1. The van der Waals surface area contributed by atoms with Crippen molar-refractivity contribution in [3.63, 3.8) is 0 Å². The van der Waals surface area contributed by atoms with Crippen molar-refractivity contribution in [1.29, 1.82) is 0 Å². The van der Waals surface area contributed by atoms with Crippen molar-refractivity contribution in [3.8, 4) is 11.5 Å². The van der Waals surface area contributed by atoms with Gasteiger partial charge in [0.25, 0.3) is 17.7 Å². The monoisotopic (exact) mass is 565 g/mol. The summed E-state index contributed by atoms with van der Waals surface area (Å²) >= 11 is 1.12. The lowest BCUT2D eigenvalue weighted by molar-refractivity contribution is -0.137. The molecule has 0 saturated carbocycles.